The molecule has 0 radical (unpaired) electrons. The van der Waals surface area contributed by atoms with Crippen molar-refractivity contribution in [1.29, 1.82) is 0 Å². The van der Waals surface area contributed by atoms with E-state index < -0.39 is 0 Å². The van der Waals surface area contributed by atoms with Gasteiger partial charge in [-0.05, 0) is 49.9 Å². The molecule has 3 rings (SSSR count). The number of hydrogen-bond acceptors (Lipinski definition) is 4. The molecule has 1 atom stereocenters. The van der Waals surface area contributed by atoms with Crippen LogP contribution >= 0.6 is 12.2 Å². The number of nitrogens with zero attached hydrogens (tertiary/aromatic N) is 1. The van der Waals surface area contributed by atoms with Gasteiger partial charge in [-0.15, -0.1) is 0 Å². The van der Waals surface area contributed by atoms with E-state index in [0.29, 0.717) is 4.99 Å². The fourth-order valence-corrected chi connectivity index (χ4v) is 2.94. The Morgan fingerprint density at radius 2 is 2.38 bits per heavy atom. The van der Waals surface area contributed by atoms with Gasteiger partial charge >= 0.3 is 0 Å². The van der Waals surface area contributed by atoms with Gasteiger partial charge in [0.15, 0.2) is 0 Å². The first-order chi connectivity index (χ1) is 10.1. The topological polar surface area (TPSA) is 64.1 Å². The fraction of sp³-hybridized carbons (Fsp3) is 0.375. The zero-order valence-corrected chi connectivity index (χ0v) is 12.9. The van der Waals surface area contributed by atoms with E-state index in [1.54, 1.807) is 6.26 Å². The lowest BCUT2D eigenvalue weighted by Crippen LogP contribution is -2.23. The van der Waals surface area contributed by atoms with Crippen LogP contribution in [0, 0.1) is 0 Å². The normalized spacial score (nSPS) is 14.7. The van der Waals surface area contributed by atoms with Crippen molar-refractivity contribution in [3.05, 3.63) is 47.0 Å². The number of furan rings is 1. The summed E-state index contributed by atoms with van der Waals surface area (Å²) in [5, 5.41) is 3.42. The molecule has 2 heterocycles. The molecule has 4 nitrogen and oxygen atoms in total. The maximum atomic E-state index is 5.85. The summed E-state index contributed by atoms with van der Waals surface area (Å²) in [6.07, 6.45) is 5.75. The number of hydrogen-bond donors (Lipinski definition) is 2. The van der Waals surface area contributed by atoms with Gasteiger partial charge in [-0.3, -0.25) is 0 Å². The number of nitrogens with one attached hydrogen (secondary N) is 1. The molecule has 0 spiro atoms. The Bertz CT molecular complexity index is 652. The molecule has 0 saturated heterocycles. The average molecular weight is 301 g/mol. The van der Waals surface area contributed by atoms with E-state index in [2.05, 4.69) is 18.3 Å². The molecule has 2 aromatic heterocycles. The molecule has 21 heavy (non-hydrogen) atoms. The van der Waals surface area contributed by atoms with Crippen molar-refractivity contribution in [2.45, 2.75) is 38.6 Å². The second-order valence-electron chi connectivity index (χ2n) is 5.54. The van der Waals surface area contributed by atoms with Gasteiger partial charge in [-0.25, -0.2) is 4.98 Å². The highest BCUT2D eigenvalue weighted by atomic mass is 32.1. The van der Waals surface area contributed by atoms with Crippen LogP contribution in [0.5, 0.6) is 0 Å². The Balaban J connectivity index is 1.82. The fourth-order valence-electron chi connectivity index (χ4n) is 2.78. The van der Waals surface area contributed by atoms with Crippen molar-refractivity contribution in [3.8, 4) is 0 Å². The second-order valence-corrected chi connectivity index (χ2v) is 5.98. The van der Waals surface area contributed by atoms with Crippen LogP contribution in [0.1, 0.15) is 35.9 Å². The Kier molecular flexibility index (Phi) is 3.92. The van der Waals surface area contributed by atoms with Gasteiger partial charge < -0.3 is 15.5 Å². The highest BCUT2D eigenvalue weighted by Crippen LogP contribution is 2.26. The molecule has 1 aliphatic carbocycles. The largest absolute Gasteiger partial charge is 0.469 e. The van der Waals surface area contributed by atoms with Crippen LogP contribution in [0.4, 0.5) is 5.82 Å². The Hall–Kier alpha value is -1.88. The van der Waals surface area contributed by atoms with Crippen LogP contribution in [0.2, 0.25) is 0 Å². The number of fused-ring (bicyclic) bond motifs is 1. The van der Waals surface area contributed by atoms with Crippen LogP contribution in [0.25, 0.3) is 0 Å². The Morgan fingerprint density at radius 3 is 3.10 bits per heavy atom. The maximum absolute atomic E-state index is 5.85. The zero-order valence-electron chi connectivity index (χ0n) is 12.1. The van der Waals surface area contributed by atoms with Crippen molar-refractivity contribution in [2.24, 2.45) is 5.73 Å². The zero-order chi connectivity index (χ0) is 14.8. The van der Waals surface area contributed by atoms with E-state index in [1.807, 2.05) is 12.1 Å². The minimum absolute atomic E-state index is 0.191. The van der Waals surface area contributed by atoms with Gasteiger partial charge in [0.25, 0.3) is 0 Å². The molecule has 5 heteroatoms. The predicted octanol–water partition coefficient (Wildman–Crippen LogP) is 2.84. The first-order valence-corrected chi connectivity index (χ1v) is 7.66. The van der Waals surface area contributed by atoms with Gasteiger partial charge in [-0.2, -0.15) is 0 Å². The summed E-state index contributed by atoms with van der Waals surface area (Å²) in [7, 11) is 0. The van der Waals surface area contributed by atoms with Gasteiger partial charge in [0.1, 0.15) is 16.6 Å². The Morgan fingerprint density at radius 1 is 1.52 bits per heavy atom. The molecular formula is C16H19N3OS. The molecule has 0 fully saturated rings. The first kappa shape index (κ1) is 14.1. The van der Waals surface area contributed by atoms with E-state index >= 15 is 0 Å². The second kappa shape index (κ2) is 5.85. The van der Waals surface area contributed by atoms with E-state index in [9.17, 15) is 0 Å². The number of rotatable bonds is 5. The maximum Gasteiger partial charge on any atom is 0.136 e. The first-order valence-electron chi connectivity index (χ1n) is 7.25. The molecule has 1 unspecified atom stereocenters. The predicted molar refractivity (Wildman–Crippen MR) is 87.6 cm³/mol. The third-order valence-corrected chi connectivity index (χ3v) is 4.01. The molecule has 0 aromatic carbocycles. The van der Waals surface area contributed by atoms with E-state index in [-0.39, 0.29) is 6.04 Å². The van der Waals surface area contributed by atoms with Crippen LogP contribution < -0.4 is 11.1 Å². The highest BCUT2D eigenvalue weighted by Gasteiger charge is 2.18. The number of pyridine rings is 1. The summed E-state index contributed by atoms with van der Waals surface area (Å²) < 4.78 is 5.38. The lowest BCUT2D eigenvalue weighted by molar-refractivity contribution is 0.497. The molecule has 2 aromatic rings. The smallest absolute Gasteiger partial charge is 0.136 e. The minimum atomic E-state index is 0.191. The van der Waals surface area contributed by atoms with Crippen LogP contribution in [-0.2, 0) is 19.3 Å². The highest BCUT2D eigenvalue weighted by molar-refractivity contribution is 7.80. The number of aryl methyl sites for hydroxylation is 2. The van der Waals surface area contributed by atoms with Gasteiger partial charge in [-0.1, -0.05) is 12.2 Å². The third kappa shape index (κ3) is 3.08. The van der Waals surface area contributed by atoms with E-state index in [4.69, 9.17) is 27.4 Å². The number of anilines is 1. The SMILES string of the molecule is CC(Cc1ccco1)Nc1nc2c(cc1C(N)=S)CCC2. The van der Waals surface area contributed by atoms with Gasteiger partial charge in [0.05, 0.1) is 11.8 Å². The van der Waals surface area contributed by atoms with Crippen LogP contribution in [-0.4, -0.2) is 16.0 Å². The molecule has 0 amide bonds. The number of nitrogens with two attached hydrogens (primary N) is 1. The molecule has 110 valence electrons. The summed E-state index contributed by atoms with van der Waals surface area (Å²) in [5.41, 5.74) is 9.15. The van der Waals surface area contributed by atoms with Gasteiger partial charge in [0, 0.05) is 18.2 Å². The van der Waals surface area contributed by atoms with E-state index in [1.165, 1.54) is 11.3 Å². The monoisotopic (exact) mass is 301 g/mol. The third-order valence-electron chi connectivity index (χ3n) is 3.79. The van der Waals surface area contributed by atoms with Crippen molar-refractivity contribution in [3.63, 3.8) is 0 Å². The standard InChI is InChI=1S/C16H19N3OS/c1-10(8-12-5-3-7-20-12)18-16-13(15(17)21)9-11-4-2-6-14(11)19-16/h3,5,7,9-10H,2,4,6,8H2,1H3,(H2,17,21)(H,18,19). The van der Waals surface area contributed by atoms with Crippen molar-refractivity contribution < 1.29 is 4.42 Å². The lowest BCUT2D eigenvalue weighted by atomic mass is 10.1. The molecule has 0 bridgehead atoms. The molecule has 0 aliphatic heterocycles. The summed E-state index contributed by atoms with van der Waals surface area (Å²) in [5.74, 6) is 1.75. The van der Waals surface area contributed by atoms with Crippen molar-refractivity contribution in [1.82, 2.24) is 4.98 Å². The quantitative estimate of drug-likeness (QED) is 0.831. The van der Waals surface area contributed by atoms with Crippen molar-refractivity contribution >= 4 is 23.0 Å². The average Bonchev–Trinajstić information content (AvgIpc) is 3.07. The molecule has 1 aliphatic rings. The summed E-state index contributed by atoms with van der Waals surface area (Å²) in [6.45, 7) is 2.10. The lowest BCUT2D eigenvalue weighted by Gasteiger charge is -2.17. The van der Waals surface area contributed by atoms with E-state index in [0.717, 1.165) is 42.8 Å². The molecule has 3 N–H and O–H groups in total. The number of aromatic nitrogens is 1. The number of thiocarbonyl (C=S) groups is 1. The van der Waals surface area contributed by atoms with Crippen molar-refractivity contribution in [2.75, 3.05) is 5.32 Å². The Labute approximate surface area is 129 Å². The van der Waals surface area contributed by atoms with Gasteiger partial charge in [0.2, 0.25) is 0 Å². The minimum Gasteiger partial charge on any atom is -0.469 e. The summed E-state index contributed by atoms with van der Waals surface area (Å²) in [6, 6.07) is 6.16. The van der Waals surface area contributed by atoms with Crippen LogP contribution in [0.15, 0.2) is 28.9 Å². The molecule has 0 saturated carbocycles. The summed E-state index contributed by atoms with van der Waals surface area (Å²) >= 11 is 5.17. The van der Waals surface area contributed by atoms with Crippen LogP contribution in [0.3, 0.4) is 0 Å². The molecular weight excluding hydrogens is 282 g/mol. The summed E-state index contributed by atoms with van der Waals surface area (Å²) in [4.78, 5) is 5.13.